The first-order valence-corrected chi connectivity index (χ1v) is 8.52. The van der Waals surface area contributed by atoms with E-state index < -0.39 is 0 Å². The highest BCUT2D eigenvalue weighted by Crippen LogP contribution is 2.42. The van der Waals surface area contributed by atoms with Gasteiger partial charge in [-0.05, 0) is 35.7 Å². The van der Waals surface area contributed by atoms with Crippen LogP contribution in [0.25, 0.3) is 0 Å². The summed E-state index contributed by atoms with van der Waals surface area (Å²) < 4.78 is 4.74. The molecule has 23 heavy (non-hydrogen) atoms. The lowest BCUT2D eigenvalue weighted by Crippen LogP contribution is -2.21. The van der Waals surface area contributed by atoms with Crippen LogP contribution in [0.5, 0.6) is 5.75 Å². The maximum atomic E-state index is 11.5. The van der Waals surface area contributed by atoms with Crippen molar-refractivity contribution in [3.63, 3.8) is 0 Å². The van der Waals surface area contributed by atoms with Crippen molar-refractivity contribution in [1.82, 2.24) is 0 Å². The highest BCUT2D eigenvalue weighted by Gasteiger charge is 2.29. The van der Waals surface area contributed by atoms with Crippen molar-refractivity contribution in [1.29, 1.82) is 0 Å². The van der Waals surface area contributed by atoms with Gasteiger partial charge in [-0.15, -0.1) is 0 Å². The number of aryl methyl sites for hydroxylation is 1. The van der Waals surface area contributed by atoms with Crippen molar-refractivity contribution in [2.45, 2.75) is 78.1 Å². The molecule has 0 radical (unpaired) electrons. The zero-order chi connectivity index (χ0) is 17.8. The molecule has 0 unspecified atom stereocenters. The van der Waals surface area contributed by atoms with Crippen LogP contribution in [0.1, 0.15) is 77.5 Å². The molecule has 0 fully saturated rings. The third kappa shape index (κ3) is 4.49. The van der Waals surface area contributed by atoms with Crippen molar-refractivity contribution >= 4 is 5.97 Å². The Morgan fingerprint density at radius 2 is 1.48 bits per heavy atom. The molecule has 0 saturated carbocycles. The minimum atomic E-state index is -0.203. The molecule has 0 spiro atoms. The highest BCUT2D eigenvalue weighted by atomic mass is 16.5. The van der Waals surface area contributed by atoms with Crippen LogP contribution in [0.2, 0.25) is 0 Å². The van der Waals surface area contributed by atoms with E-state index in [2.05, 4.69) is 53.7 Å². The van der Waals surface area contributed by atoms with E-state index in [4.69, 9.17) is 4.74 Å². The largest absolute Gasteiger partial charge is 0.507 e. The summed E-state index contributed by atoms with van der Waals surface area (Å²) in [6.07, 6.45) is 2.87. The van der Waals surface area contributed by atoms with Gasteiger partial charge in [-0.3, -0.25) is 4.79 Å². The maximum Gasteiger partial charge on any atom is 0.305 e. The second-order valence-corrected chi connectivity index (χ2v) is 7.59. The predicted octanol–water partition coefficient (Wildman–Crippen LogP) is 4.87. The van der Waals surface area contributed by atoms with Gasteiger partial charge in [0, 0.05) is 17.5 Å². The summed E-state index contributed by atoms with van der Waals surface area (Å²) in [5.74, 6) is 0.205. The summed E-state index contributed by atoms with van der Waals surface area (Å²) in [4.78, 5) is 11.5. The first kappa shape index (κ1) is 19.5. The average molecular weight is 320 g/mol. The first-order chi connectivity index (χ1) is 10.6. The zero-order valence-corrected chi connectivity index (χ0v) is 15.7. The van der Waals surface area contributed by atoms with Gasteiger partial charge >= 0.3 is 5.97 Å². The molecule has 0 aliphatic heterocycles. The molecule has 3 nitrogen and oxygen atoms in total. The van der Waals surface area contributed by atoms with Gasteiger partial charge in [-0.25, -0.2) is 0 Å². The molecule has 0 atom stereocenters. The Labute approximate surface area is 141 Å². The Bertz CT molecular complexity index is 519. The minimum Gasteiger partial charge on any atom is -0.507 e. The van der Waals surface area contributed by atoms with Crippen molar-refractivity contribution in [3.05, 3.63) is 28.8 Å². The van der Waals surface area contributed by atoms with Gasteiger partial charge in [-0.2, -0.15) is 0 Å². The van der Waals surface area contributed by atoms with Crippen LogP contribution in [0.15, 0.2) is 12.1 Å². The van der Waals surface area contributed by atoms with E-state index in [1.165, 1.54) is 7.11 Å². The fourth-order valence-corrected chi connectivity index (χ4v) is 2.60. The van der Waals surface area contributed by atoms with Gasteiger partial charge in [-0.1, -0.05) is 53.7 Å². The molecular weight excluding hydrogens is 288 g/mol. The molecule has 1 N–H and O–H groups in total. The van der Waals surface area contributed by atoms with Crippen LogP contribution in [-0.4, -0.2) is 18.2 Å². The predicted molar refractivity (Wildman–Crippen MR) is 95.1 cm³/mol. The number of carbonyl (C=O) groups is 1. The molecular formula is C20H32O3. The van der Waals surface area contributed by atoms with Crippen molar-refractivity contribution in [2.24, 2.45) is 0 Å². The number of rotatable bonds is 7. The minimum absolute atomic E-state index is 0.107. The lowest BCUT2D eigenvalue weighted by Gasteiger charge is -2.31. The molecule has 1 aromatic carbocycles. The number of benzene rings is 1. The fourth-order valence-electron chi connectivity index (χ4n) is 2.60. The number of methoxy groups -OCH3 is 1. The Balaban J connectivity index is 3.41. The number of phenolic OH excluding ortho intramolecular Hbond substituents is 1. The molecule has 0 aromatic heterocycles. The van der Waals surface area contributed by atoms with Crippen LogP contribution in [0.4, 0.5) is 0 Å². The van der Waals surface area contributed by atoms with Gasteiger partial charge in [0.2, 0.25) is 0 Å². The Hall–Kier alpha value is -1.51. The van der Waals surface area contributed by atoms with Gasteiger partial charge in [0.1, 0.15) is 5.75 Å². The standard InChI is InChI=1S/C20H32O3/c1-8-19(3,4)15-12-14(10-11-17(21)23-7)13-16(18(15)22)20(5,6)9-2/h12-13,22H,8-11H2,1-7H3. The number of carbonyl (C=O) groups excluding carboxylic acids is 1. The van der Waals surface area contributed by atoms with Gasteiger partial charge < -0.3 is 9.84 Å². The van der Waals surface area contributed by atoms with Crippen molar-refractivity contribution in [2.75, 3.05) is 7.11 Å². The monoisotopic (exact) mass is 320 g/mol. The second kappa shape index (κ2) is 7.37. The smallest absolute Gasteiger partial charge is 0.305 e. The van der Waals surface area contributed by atoms with Crippen LogP contribution in [-0.2, 0) is 26.8 Å². The molecule has 0 aliphatic carbocycles. The average Bonchev–Trinajstić information content (AvgIpc) is 2.52. The topological polar surface area (TPSA) is 46.5 Å². The third-order valence-corrected chi connectivity index (χ3v) is 5.24. The van der Waals surface area contributed by atoms with E-state index in [0.29, 0.717) is 18.6 Å². The lowest BCUT2D eigenvalue weighted by atomic mass is 9.74. The van der Waals surface area contributed by atoms with Crippen LogP contribution < -0.4 is 0 Å². The normalized spacial score (nSPS) is 12.3. The lowest BCUT2D eigenvalue weighted by molar-refractivity contribution is -0.140. The first-order valence-electron chi connectivity index (χ1n) is 8.52. The molecule has 1 aromatic rings. The number of aromatic hydroxyl groups is 1. The van der Waals surface area contributed by atoms with Gasteiger partial charge in [0.15, 0.2) is 0 Å². The summed E-state index contributed by atoms with van der Waals surface area (Å²) >= 11 is 0. The maximum absolute atomic E-state index is 11.5. The van der Waals surface area contributed by atoms with Crippen molar-refractivity contribution < 1.29 is 14.6 Å². The van der Waals surface area contributed by atoms with E-state index in [1.54, 1.807) is 0 Å². The summed E-state index contributed by atoms with van der Waals surface area (Å²) in [5.41, 5.74) is 2.81. The Kier molecular flexibility index (Phi) is 6.26. The summed E-state index contributed by atoms with van der Waals surface area (Å²) in [5, 5.41) is 10.9. The quantitative estimate of drug-likeness (QED) is 0.729. The number of hydrogen-bond acceptors (Lipinski definition) is 3. The molecule has 130 valence electrons. The number of hydrogen-bond donors (Lipinski definition) is 1. The summed E-state index contributed by atoms with van der Waals surface area (Å²) in [6.45, 7) is 12.9. The Morgan fingerprint density at radius 1 is 1.04 bits per heavy atom. The van der Waals surface area contributed by atoms with Gasteiger partial charge in [0.05, 0.1) is 7.11 Å². The molecule has 0 aliphatic rings. The number of ether oxygens (including phenoxy) is 1. The zero-order valence-electron chi connectivity index (χ0n) is 15.7. The van der Waals surface area contributed by atoms with E-state index in [-0.39, 0.29) is 16.8 Å². The van der Waals surface area contributed by atoms with E-state index in [9.17, 15) is 9.90 Å². The molecule has 0 amide bonds. The molecule has 0 saturated heterocycles. The van der Waals surface area contributed by atoms with Crippen molar-refractivity contribution in [3.8, 4) is 5.75 Å². The van der Waals surface area contributed by atoms with Crippen LogP contribution in [0, 0.1) is 0 Å². The fraction of sp³-hybridized carbons (Fsp3) is 0.650. The molecule has 1 rings (SSSR count). The highest BCUT2D eigenvalue weighted by molar-refractivity contribution is 5.69. The summed E-state index contributed by atoms with van der Waals surface area (Å²) in [6, 6.07) is 4.11. The molecule has 0 bridgehead atoms. The number of phenols is 1. The number of esters is 1. The SMILES string of the molecule is CCC(C)(C)c1cc(CCC(=O)OC)cc(C(C)(C)CC)c1O. The molecule has 3 heteroatoms. The van der Waals surface area contributed by atoms with E-state index in [0.717, 1.165) is 29.5 Å². The van der Waals surface area contributed by atoms with E-state index in [1.807, 2.05) is 0 Å². The van der Waals surface area contributed by atoms with Crippen LogP contribution in [0.3, 0.4) is 0 Å². The summed E-state index contributed by atoms with van der Waals surface area (Å²) in [7, 11) is 1.41. The molecule has 0 heterocycles. The second-order valence-electron chi connectivity index (χ2n) is 7.59. The van der Waals surface area contributed by atoms with E-state index >= 15 is 0 Å². The Morgan fingerprint density at radius 3 is 1.83 bits per heavy atom. The van der Waals surface area contributed by atoms with Crippen LogP contribution >= 0.6 is 0 Å². The third-order valence-electron chi connectivity index (χ3n) is 5.24. The van der Waals surface area contributed by atoms with Gasteiger partial charge in [0.25, 0.3) is 0 Å².